The Morgan fingerprint density at radius 1 is 1.12 bits per heavy atom. The number of urea groups is 1. The van der Waals surface area contributed by atoms with Gasteiger partial charge < -0.3 is 40.0 Å². The Kier molecular flexibility index (Phi) is 10.7. The van der Waals surface area contributed by atoms with Gasteiger partial charge in [0.25, 0.3) is 0 Å². The summed E-state index contributed by atoms with van der Waals surface area (Å²) in [7, 11) is -5.25. The zero-order valence-electron chi connectivity index (χ0n) is 25.9. The molecule has 2 aromatic heterocycles. The molecule has 4 aliphatic rings. The monoisotopic (exact) mass is 773 g/mol. The molecule has 2 aromatic rings. The van der Waals surface area contributed by atoms with Crippen LogP contribution in [-0.4, -0.2) is 121 Å². The van der Waals surface area contributed by atoms with Crippen LogP contribution < -0.4 is 11.1 Å². The third-order valence-electron chi connectivity index (χ3n) is 7.43. The van der Waals surface area contributed by atoms with Crippen molar-refractivity contribution >= 4 is 55.2 Å². The maximum absolute atomic E-state index is 16.1. The second-order valence-electron chi connectivity index (χ2n) is 11.2. The Balaban J connectivity index is 1.31. The number of nitrogens with two attached hydrogens (primary N) is 1. The van der Waals surface area contributed by atoms with Crippen molar-refractivity contribution in [2.75, 3.05) is 24.9 Å². The summed E-state index contributed by atoms with van der Waals surface area (Å²) >= 11 is 0.254. The van der Waals surface area contributed by atoms with Gasteiger partial charge in [0.2, 0.25) is 0 Å². The van der Waals surface area contributed by atoms with Gasteiger partial charge in [0.05, 0.1) is 25.6 Å². The Morgan fingerprint density at radius 2 is 1.86 bits per heavy atom. The fourth-order valence-corrected chi connectivity index (χ4v) is 8.93. The SMILES string of the molecule is CC(C)OC(=O)OCSP1(=O)OC[C@H]2O[C@@H](n3cnc4c(N)ncnc43)[C@H](OP(=O)(O)OC[C@H]3O[C@@H](N4C=CC(O)NC4=O)[C@H](F)[C@@H]3O1)[C@@H]2F. The lowest BCUT2D eigenvalue weighted by Gasteiger charge is -2.30. The molecule has 0 saturated carbocycles. The molecule has 4 aliphatic heterocycles. The number of nitrogens with one attached hydrogen (secondary N) is 1. The molecule has 0 aromatic carbocycles. The summed E-state index contributed by atoms with van der Waals surface area (Å²) in [5, 5.41) is 11.8. The summed E-state index contributed by atoms with van der Waals surface area (Å²) in [5.41, 5.74) is 6.00. The molecule has 0 aliphatic carbocycles. The van der Waals surface area contributed by atoms with Crippen LogP contribution in [0.15, 0.2) is 24.9 Å². The molecule has 3 unspecified atom stereocenters. The Morgan fingerprint density at radius 3 is 2.60 bits per heavy atom. The van der Waals surface area contributed by atoms with Gasteiger partial charge in [-0.3, -0.25) is 27.6 Å². The lowest BCUT2D eigenvalue weighted by Crippen LogP contribution is -2.52. The van der Waals surface area contributed by atoms with Crippen molar-refractivity contribution in [1.82, 2.24) is 29.7 Å². The summed E-state index contributed by atoms with van der Waals surface area (Å²) in [6.45, 7) is -3.50. The second kappa shape index (κ2) is 14.5. The van der Waals surface area contributed by atoms with Crippen LogP contribution in [0.1, 0.15) is 20.1 Å². The van der Waals surface area contributed by atoms with Gasteiger partial charge in [0.15, 0.2) is 42.2 Å². The fourth-order valence-electron chi connectivity index (χ4n) is 5.22. The fraction of sp³-hybridized carbons (Fsp3) is 0.625. The van der Waals surface area contributed by atoms with Crippen LogP contribution in [0.25, 0.3) is 11.2 Å². The standard InChI is InChI=1S/C24H31F2N7O14P2S/c1-10(2)43-24(36)40-9-50-49(39)42-5-11-14(25)18(22(44-11)33-8-30-16-19(27)28-7-29-20(16)33)46-48(37,38)41-6-12-17(47-49)15(26)21(45-12)32-4-3-13(34)31-23(32)35/h3-4,7-8,10-15,17-18,21-22,34H,5-6,9H2,1-2H3,(H,31,35)(H,37,38)(H2,27,28,29)/t11-,12-,13?,14-,15-,17-,18-,21-,22-,49?/m1/s1. The van der Waals surface area contributed by atoms with Crippen molar-refractivity contribution in [3.63, 3.8) is 0 Å². The van der Waals surface area contributed by atoms with Gasteiger partial charge in [-0.1, -0.05) is 0 Å². The number of nitrogen functional groups attached to an aromatic ring is 1. The number of amides is 2. The van der Waals surface area contributed by atoms with E-state index in [0.717, 1.165) is 29.5 Å². The molecule has 6 heterocycles. The predicted molar refractivity (Wildman–Crippen MR) is 162 cm³/mol. The minimum absolute atomic E-state index is 0.0295. The van der Waals surface area contributed by atoms with E-state index in [1.165, 1.54) is 0 Å². The molecule has 6 rings (SSSR count). The average Bonchev–Trinajstić information content (AvgIpc) is 3.69. The number of phosphoric ester groups is 1. The number of rotatable bonds is 6. The zero-order chi connectivity index (χ0) is 36.0. The second-order valence-corrected chi connectivity index (χ2v) is 16.6. The molecular weight excluding hydrogens is 742 g/mol. The lowest BCUT2D eigenvalue weighted by atomic mass is 10.1. The van der Waals surface area contributed by atoms with Crippen molar-refractivity contribution in [2.45, 2.75) is 75.4 Å². The molecule has 0 radical (unpaired) electrons. The number of alkyl halides is 2. The maximum Gasteiger partial charge on any atom is 0.509 e. The number of carbonyl (C=O) groups excluding carboxylic acids is 2. The van der Waals surface area contributed by atoms with E-state index < -0.39 is 108 Å². The molecule has 5 N–H and O–H groups in total. The number of aliphatic hydroxyl groups is 1. The summed E-state index contributed by atoms with van der Waals surface area (Å²) in [6, 6.07) is -0.989. The van der Waals surface area contributed by atoms with Crippen LogP contribution >= 0.6 is 26.0 Å². The number of aromatic nitrogens is 4. The topological polar surface area (TPSA) is 267 Å². The van der Waals surface area contributed by atoms with Gasteiger partial charge in [-0.2, -0.15) is 0 Å². The quantitative estimate of drug-likeness (QED) is 0.185. The first-order valence-corrected chi connectivity index (χ1v) is 19.3. The lowest BCUT2D eigenvalue weighted by molar-refractivity contribution is -0.0689. The van der Waals surface area contributed by atoms with Crippen molar-refractivity contribution in [1.29, 1.82) is 0 Å². The molecule has 11 atom stereocenters. The third-order valence-corrected chi connectivity index (χ3v) is 11.8. The number of imidazole rings is 1. The number of anilines is 1. The molecular formula is C24H31F2N7O14P2S. The average molecular weight is 774 g/mol. The van der Waals surface area contributed by atoms with E-state index in [2.05, 4.69) is 20.3 Å². The van der Waals surface area contributed by atoms with Crippen molar-refractivity contribution < 1.29 is 74.5 Å². The van der Waals surface area contributed by atoms with Crippen molar-refractivity contribution in [3.05, 3.63) is 24.9 Å². The van der Waals surface area contributed by atoms with Gasteiger partial charge in [0, 0.05) is 17.6 Å². The maximum atomic E-state index is 16.1. The highest BCUT2D eigenvalue weighted by molar-refractivity contribution is 8.55. The molecule has 2 amide bonds. The molecule has 276 valence electrons. The number of ether oxygens (including phenoxy) is 4. The number of hydrogen-bond donors (Lipinski definition) is 4. The van der Waals surface area contributed by atoms with Crippen molar-refractivity contribution in [3.8, 4) is 0 Å². The summed E-state index contributed by atoms with van der Waals surface area (Å²) in [4.78, 5) is 47.9. The molecule has 0 spiro atoms. The normalized spacial score (nSPS) is 37.9. The van der Waals surface area contributed by atoms with E-state index in [1.54, 1.807) is 13.8 Å². The van der Waals surface area contributed by atoms with E-state index in [0.29, 0.717) is 4.90 Å². The predicted octanol–water partition coefficient (Wildman–Crippen LogP) is 1.84. The van der Waals surface area contributed by atoms with E-state index in [9.17, 15) is 28.7 Å². The van der Waals surface area contributed by atoms with Crippen LogP contribution in [0.4, 0.5) is 24.2 Å². The summed E-state index contributed by atoms with van der Waals surface area (Å²) in [6.07, 6.45) is -13.9. The Hall–Kier alpha value is -3.02. The molecule has 3 fully saturated rings. The van der Waals surface area contributed by atoms with Crippen LogP contribution in [-0.2, 0) is 46.2 Å². The first-order chi connectivity index (χ1) is 23.6. The highest BCUT2D eigenvalue weighted by Gasteiger charge is 2.56. The number of halogens is 2. The van der Waals surface area contributed by atoms with Gasteiger partial charge in [-0.05, 0) is 19.9 Å². The van der Waals surface area contributed by atoms with Gasteiger partial charge in [0.1, 0.15) is 42.5 Å². The number of phosphoric acid groups is 1. The first kappa shape index (κ1) is 36.8. The highest BCUT2D eigenvalue weighted by Crippen LogP contribution is 2.63. The zero-order valence-corrected chi connectivity index (χ0v) is 28.5. The number of carbonyl (C=O) groups is 2. The number of nitrogens with zero attached hydrogens (tertiary/aromatic N) is 5. The minimum atomic E-state index is -5.25. The van der Waals surface area contributed by atoms with E-state index in [1.807, 2.05) is 0 Å². The van der Waals surface area contributed by atoms with Crippen LogP contribution in [0, 0.1) is 0 Å². The molecule has 50 heavy (non-hydrogen) atoms. The van der Waals surface area contributed by atoms with E-state index >= 15 is 8.78 Å². The Labute approximate surface area is 284 Å². The summed E-state index contributed by atoms with van der Waals surface area (Å²) < 4.78 is 104. The number of aliphatic hydroxyl groups excluding tert-OH is 1. The largest absolute Gasteiger partial charge is 0.509 e. The van der Waals surface area contributed by atoms with Gasteiger partial charge in [-0.15, -0.1) is 0 Å². The van der Waals surface area contributed by atoms with Crippen LogP contribution in [0.5, 0.6) is 0 Å². The van der Waals surface area contributed by atoms with Gasteiger partial charge >= 0.3 is 26.8 Å². The number of hydrogen-bond acceptors (Lipinski definition) is 18. The molecule has 21 nitrogen and oxygen atoms in total. The van der Waals surface area contributed by atoms with E-state index in [4.69, 9.17) is 42.8 Å². The van der Waals surface area contributed by atoms with E-state index in [-0.39, 0.29) is 28.4 Å². The highest BCUT2D eigenvalue weighted by atomic mass is 32.7. The molecule has 26 heteroatoms. The summed E-state index contributed by atoms with van der Waals surface area (Å²) in [5.74, 6) is -0.752. The first-order valence-electron chi connectivity index (χ1n) is 14.7. The third kappa shape index (κ3) is 7.75. The van der Waals surface area contributed by atoms with Gasteiger partial charge in [-0.25, -0.2) is 42.5 Å². The number of fused-ring (bicyclic) bond motifs is 4. The molecule has 2 bridgehead atoms. The van der Waals surface area contributed by atoms with Crippen LogP contribution in [0.2, 0.25) is 0 Å². The smallest absolute Gasteiger partial charge is 0.432 e. The van der Waals surface area contributed by atoms with Crippen LogP contribution in [0.3, 0.4) is 0 Å². The Bertz CT molecular complexity index is 1730. The van der Waals surface area contributed by atoms with Crippen molar-refractivity contribution in [2.24, 2.45) is 0 Å². The molecule has 3 saturated heterocycles. The minimum Gasteiger partial charge on any atom is -0.432 e.